The van der Waals surface area contributed by atoms with E-state index in [0.717, 1.165) is 12.8 Å². The Morgan fingerprint density at radius 1 is 1.09 bits per heavy atom. The van der Waals surface area contributed by atoms with Gasteiger partial charge in [-0.3, -0.25) is 0 Å². The predicted octanol–water partition coefficient (Wildman–Crippen LogP) is -2.41. The van der Waals surface area contributed by atoms with Crippen LogP contribution in [0.4, 0.5) is 0 Å². The number of nitrogens with one attached hydrogen (secondary N) is 1. The molecule has 0 aromatic heterocycles. The number of likely N-dealkylation sites (N-methyl/N-ethyl adjacent to an activating group) is 1. The molecule has 2 rings (SSSR count). The Balaban J connectivity index is 2.01. The second-order valence-corrected chi connectivity index (χ2v) is 6.51. The molecule has 0 bridgehead atoms. The van der Waals surface area contributed by atoms with E-state index in [1.165, 1.54) is 0 Å². The highest BCUT2D eigenvalue weighted by Gasteiger charge is 2.44. The van der Waals surface area contributed by atoms with Crippen LogP contribution in [0.3, 0.4) is 0 Å². The molecule has 8 nitrogen and oxygen atoms in total. The van der Waals surface area contributed by atoms with Crippen LogP contribution in [0.5, 0.6) is 0 Å². The second-order valence-electron chi connectivity index (χ2n) is 6.51. The third kappa shape index (κ3) is 3.77. The van der Waals surface area contributed by atoms with Crippen LogP contribution >= 0.6 is 0 Å². The first-order chi connectivity index (χ1) is 10.3. The van der Waals surface area contributed by atoms with Gasteiger partial charge in [0.1, 0.15) is 12.2 Å². The predicted molar refractivity (Wildman–Crippen MR) is 81.8 cm³/mol. The van der Waals surface area contributed by atoms with Gasteiger partial charge in [0.25, 0.3) is 0 Å². The van der Waals surface area contributed by atoms with Crippen LogP contribution in [0.25, 0.3) is 0 Å². The Kier molecular flexibility index (Phi) is 6.14. The number of hydrogen-bond donors (Lipinski definition) is 6. The molecule has 8 heteroatoms. The summed E-state index contributed by atoms with van der Waals surface area (Å²) in [5, 5.41) is 23.2. The molecule has 1 saturated heterocycles. The Hall–Kier alpha value is -0.320. The summed E-state index contributed by atoms with van der Waals surface area (Å²) in [7, 11) is 1.87. The lowest BCUT2D eigenvalue weighted by atomic mass is 9.84. The zero-order valence-electron chi connectivity index (χ0n) is 13.3. The molecule has 9 N–H and O–H groups in total. The molecule has 1 aliphatic heterocycles. The molecule has 1 aliphatic carbocycles. The van der Waals surface area contributed by atoms with Crippen molar-refractivity contribution >= 4 is 0 Å². The highest BCUT2D eigenvalue weighted by atomic mass is 16.7. The lowest BCUT2D eigenvalue weighted by Gasteiger charge is -2.44. The van der Waals surface area contributed by atoms with Crippen LogP contribution < -0.4 is 22.5 Å². The molecule has 2 fully saturated rings. The average molecular weight is 318 g/mol. The van der Waals surface area contributed by atoms with E-state index in [1.807, 2.05) is 14.0 Å². The molecule has 0 aromatic carbocycles. The van der Waals surface area contributed by atoms with Crippen molar-refractivity contribution in [2.24, 2.45) is 17.2 Å². The van der Waals surface area contributed by atoms with E-state index >= 15 is 0 Å². The van der Waals surface area contributed by atoms with E-state index in [9.17, 15) is 10.2 Å². The van der Waals surface area contributed by atoms with Gasteiger partial charge in [-0.15, -0.1) is 0 Å². The van der Waals surface area contributed by atoms with Crippen molar-refractivity contribution in [3.63, 3.8) is 0 Å². The second kappa shape index (κ2) is 7.50. The average Bonchev–Trinajstić information content (AvgIpc) is 2.50. The van der Waals surface area contributed by atoms with Gasteiger partial charge < -0.3 is 42.2 Å². The first-order valence-corrected chi connectivity index (χ1v) is 7.96. The van der Waals surface area contributed by atoms with Gasteiger partial charge in [-0.1, -0.05) is 0 Å². The van der Waals surface area contributed by atoms with Crippen LogP contribution in [0.1, 0.15) is 26.2 Å². The van der Waals surface area contributed by atoms with Crippen LogP contribution in [0, 0.1) is 0 Å². The number of ether oxygens (including phenoxy) is 2. The van der Waals surface area contributed by atoms with Crippen molar-refractivity contribution in [3.8, 4) is 0 Å². The standard InChI is InChI=1S/C14H30N4O4/c1-6(18-2)10-4-3-7(15)14(21-10)22-13-9(17)5-8(16)11(19)12(13)20/h6-14,18-20H,3-5,15-17H2,1-2H3/t6-,7+,8+,9-,10-,11-,12+,13+,14+/m0/s1. The summed E-state index contributed by atoms with van der Waals surface area (Å²) in [6, 6.07) is -1.14. The van der Waals surface area contributed by atoms with Crippen molar-refractivity contribution in [1.29, 1.82) is 0 Å². The molecule has 130 valence electrons. The summed E-state index contributed by atoms with van der Waals surface area (Å²) in [6.07, 6.45) is -1.62. The fraction of sp³-hybridized carbons (Fsp3) is 1.00. The largest absolute Gasteiger partial charge is 0.389 e. The number of nitrogens with two attached hydrogens (primary N) is 3. The van der Waals surface area contributed by atoms with Crippen molar-refractivity contribution < 1.29 is 19.7 Å². The molecule has 2 aliphatic rings. The number of aliphatic hydroxyl groups excluding tert-OH is 2. The molecule has 0 aromatic rings. The summed E-state index contributed by atoms with van der Waals surface area (Å²) >= 11 is 0. The van der Waals surface area contributed by atoms with Crippen molar-refractivity contribution in [1.82, 2.24) is 5.32 Å². The van der Waals surface area contributed by atoms with Gasteiger partial charge in [0.15, 0.2) is 6.29 Å². The van der Waals surface area contributed by atoms with E-state index in [-0.39, 0.29) is 18.2 Å². The van der Waals surface area contributed by atoms with Gasteiger partial charge >= 0.3 is 0 Å². The molecular formula is C14H30N4O4. The fourth-order valence-electron chi connectivity index (χ4n) is 3.15. The van der Waals surface area contributed by atoms with Gasteiger partial charge in [0.05, 0.1) is 18.2 Å². The monoisotopic (exact) mass is 318 g/mol. The first-order valence-electron chi connectivity index (χ1n) is 7.96. The fourth-order valence-corrected chi connectivity index (χ4v) is 3.15. The SMILES string of the molecule is CN[C@@H](C)[C@@H]1CC[C@@H](N)[C@@H](O[C@H]2[C@H](O)[C@@H](O)[C@H](N)C[C@@H]2N)O1. The molecule has 0 unspecified atom stereocenters. The molecule has 22 heavy (non-hydrogen) atoms. The minimum Gasteiger partial charge on any atom is -0.389 e. The zero-order chi connectivity index (χ0) is 16.4. The normalized spacial score (nSPS) is 48.1. The van der Waals surface area contributed by atoms with E-state index in [1.54, 1.807) is 0 Å². The molecule has 0 spiro atoms. The molecular weight excluding hydrogens is 288 g/mol. The van der Waals surface area contributed by atoms with Crippen LogP contribution in [0.15, 0.2) is 0 Å². The van der Waals surface area contributed by atoms with Gasteiger partial charge in [-0.05, 0) is 33.2 Å². The number of rotatable bonds is 4. The molecule has 0 radical (unpaired) electrons. The van der Waals surface area contributed by atoms with Gasteiger partial charge in [-0.25, -0.2) is 0 Å². The minimum atomic E-state index is -1.14. The maximum atomic E-state index is 10.2. The maximum absolute atomic E-state index is 10.2. The Morgan fingerprint density at radius 2 is 1.77 bits per heavy atom. The van der Waals surface area contributed by atoms with E-state index < -0.39 is 36.7 Å². The molecule has 1 heterocycles. The topological polar surface area (TPSA) is 149 Å². The molecule has 1 saturated carbocycles. The summed E-state index contributed by atoms with van der Waals surface area (Å²) in [6.45, 7) is 2.03. The highest BCUT2D eigenvalue weighted by molar-refractivity contribution is 4.98. The molecule has 0 amide bonds. The van der Waals surface area contributed by atoms with E-state index in [2.05, 4.69) is 5.32 Å². The van der Waals surface area contributed by atoms with Gasteiger partial charge in [0.2, 0.25) is 0 Å². The maximum Gasteiger partial charge on any atom is 0.173 e. The van der Waals surface area contributed by atoms with E-state index in [4.69, 9.17) is 26.7 Å². The smallest absolute Gasteiger partial charge is 0.173 e. The van der Waals surface area contributed by atoms with Crippen LogP contribution in [-0.2, 0) is 9.47 Å². The highest BCUT2D eigenvalue weighted by Crippen LogP contribution is 2.27. The summed E-state index contributed by atoms with van der Waals surface area (Å²) in [5.74, 6) is 0. The third-order valence-corrected chi connectivity index (χ3v) is 4.84. The van der Waals surface area contributed by atoms with Gasteiger partial charge in [0, 0.05) is 18.1 Å². The van der Waals surface area contributed by atoms with Crippen LogP contribution in [-0.4, -0.2) is 72.1 Å². The quantitative estimate of drug-likeness (QED) is 0.336. The Bertz CT molecular complexity index is 362. The lowest BCUT2D eigenvalue weighted by Crippen LogP contribution is -2.64. The van der Waals surface area contributed by atoms with E-state index in [0.29, 0.717) is 6.42 Å². The minimum absolute atomic E-state index is 0.0149. The first kappa shape index (κ1) is 18.0. The zero-order valence-corrected chi connectivity index (χ0v) is 13.3. The molecule has 9 atom stereocenters. The number of hydrogen-bond acceptors (Lipinski definition) is 8. The lowest BCUT2D eigenvalue weighted by molar-refractivity contribution is -0.256. The summed E-state index contributed by atoms with van der Waals surface area (Å²) in [5.41, 5.74) is 17.8. The third-order valence-electron chi connectivity index (χ3n) is 4.84. The summed E-state index contributed by atoms with van der Waals surface area (Å²) < 4.78 is 11.8. The van der Waals surface area contributed by atoms with Crippen molar-refractivity contribution in [2.75, 3.05) is 7.05 Å². The number of aliphatic hydroxyl groups is 2. The summed E-state index contributed by atoms with van der Waals surface area (Å²) in [4.78, 5) is 0. The van der Waals surface area contributed by atoms with Gasteiger partial charge in [-0.2, -0.15) is 0 Å². The Morgan fingerprint density at radius 3 is 2.41 bits per heavy atom. The van der Waals surface area contributed by atoms with Crippen LogP contribution in [0.2, 0.25) is 0 Å². The van der Waals surface area contributed by atoms with Crippen molar-refractivity contribution in [2.45, 2.75) is 81.1 Å². The van der Waals surface area contributed by atoms with Crippen molar-refractivity contribution in [3.05, 3.63) is 0 Å². The Labute approximate surface area is 131 Å².